The Morgan fingerprint density at radius 1 is 0.267 bits per heavy atom. The van der Waals surface area contributed by atoms with E-state index < -0.39 is 0 Å². The van der Waals surface area contributed by atoms with E-state index in [4.69, 9.17) is 0 Å². The van der Waals surface area contributed by atoms with E-state index in [2.05, 4.69) is 252 Å². The van der Waals surface area contributed by atoms with E-state index in [1.54, 1.807) is 0 Å². The minimum absolute atomic E-state index is 1.09. The van der Waals surface area contributed by atoms with Gasteiger partial charge in [0.2, 0.25) is 0 Å². The third kappa shape index (κ3) is 6.23. The summed E-state index contributed by atoms with van der Waals surface area (Å²) >= 11 is 0. The molecule has 0 unspecified atom stereocenters. The Morgan fingerprint density at radius 2 is 0.750 bits per heavy atom. The van der Waals surface area contributed by atoms with Gasteiger partial charge in [0.1, 0.15) is 0 Å². The first-order chi connectivity index (χ1) is 29.8. The number of fused-ring (bicyclic) bond motifs is 4. The third-order valence-corrected chi connectivity index (χ3v) is 11.8. The largest absolute Gasteiger partial charge is 0.310 e. The number of rotatable bonds is 8. The molecule has 2 heteroatoms. The molecule has 1 aromatic heterocycles. The first-order valence-electron chi connectivity index (χ1n) is 20.6. The number of para-hydroxylation sites is 4. The summed E-state index contributed by atoms with van der Waals surface area (Å²) in [6, 6.07) is 87.8. The van der Waals surface area contributed by atoms with Crippen molar-refractivity contribution in [1.29, 1.82) is 0 Å². The normalized spacial score (nSPS) is 11.3. The Kier molecular flexibility index (Phi) is 8.87. The molecule has 0 aliphatic carbocycles. The van der Waals surface area contributed by atoms with Crippen molar-refractivity contribution in [2.24, 2.45) is 0 Å². The van der Waals surface area contributed by atoms with Crippen molar-refractivity contribution >= 4 is 49.6 Å². The molecule has 0 saturated heterocycles. The highest BCUT2D eigenvalue weighted by molar-refractivity contribution is 6.10. The van der Waals surface area contributed by atoms with Gasteiger partial charge in [-0.15, -0.1) is 0 Å². The minimum atomic E-state index is 1.09. The Labute approximate surface area is 350 Å². The molecule has 0 fully saturated rings. The first kappa shape index (κ1) is 35.2. The first-order valence-corrected chi connectivity index (χ1v) is 20.6. The second kappa shape index (κ2) is 15.1. The molecule has 1 heterocycles. The SMILES string of the molecule is c1ccc(-c2cc(N(c3ccccc3)c3ccc(-c4ccc(-c5cccc6ccccc56)cc4)cc3)ccc2-c2ccccc2-n2c3ccccc3c3ccccc32)cc1. The van der Waals surface area contributed by atoms with E-state index in [9.17, 15) is 0 Å². The minimum Gasteiger partial charge on any atom is -0.310 e. The van der Waals surface area contributed by atoms with Crippen molar-refractivity contribution < 1.29 is 0 Å². The average Bonchev–Trinajstić information content (AvgIpc) is 3.67. The molecular weight excluding hydrogens is 725 g/mol. The van der Waals surface area contributed by atoms with E-state index in [1.807, 2.05) is 0 Å². The van der Waals surface area contributed by atoms with Gasteiger partial charge < -0.3 is 9.47 Å². The lowest BCUT2D eigenvalue weighted by molar-refractivity contribution is 1.18. The number of nitrogens with zero attached hydrogens (tertiary/aromatic N) is 2. The van der Waals surface area contributed by atoms with Crippen LogP contribution in [0.2, 0.25) is 0 Å². The van der Waals surface area contributed by atoms with Gasteiger partial charge in [0.25, 0.3) is 0 Å². The number of benzene rings is 10. The van der Waals surface area contributed by atoms with Crippen molar-refractivity contribution in [1.82, 2.24) is 4.57 Å². The maximum Gasteiger partial charge on any atom is 0.0541 e. The molecule has 2 nitrogen and oxygen atoms in total. The highest BCUT2D eigenvalue weighted by Gasteiger charge is 2.20. The fourth-order valence-corrected chi connectivity index (χ4v) is 8.99. The van der Waals surface area contributed by atoms with Gasteiger partial charge in [-0.2, -0.15) is 0 Å². The van der Waals surface area contributed by atoms with Gasteiger partial charge in [-0.05, 0) is 104 Å². The molecule has 11 aromatic rings. The van der Waals surface area contributed by atoms with E-state index in [0.29, 0.717) is 0 Å². The second-order valence-corrected chi connectivity index (χ2v) is 15.3. The smallest absolute Gasteiger partial charge is 0.0541 e. The Balaban J connectivity index is 1.01. The van der Waals surface area contributed by atoms with Crippen LogP contribution in [0, 0.1) is 0 Å². The number of hydrogen-bond acceptors (Lipinski definition) is 1. The second-order valence-electron chi connectivity index (χ2n) is 15.3. The monoisotopic (exact) mass is 764 g/mol. The molecule has 0 aliphatic heterocycles. The van der Waals surface area contributed by atoms with E-state index >= 15 is 0 Å². The molecule has 0 aliphatic rings. The van der Waals surface area contributed by atoms with E-state index in [0.717, 1.165) is 22.7 Å². The summed E-state index contributed by atoms with van der Waals surface area (Å²) in [5, 5.41) is 5.04. The predicted molar refractivity (Wildman–Crippen MR) is 255 cm³/mol. The van der Waals surface area contributed by atoms with Crippen LogP contribution in [0.4, 0.5) is 17.1 Å². The predicted octanol–water partition coefficient (Wildman–Crippen LogP) is 16.1. The van der Waals surface area contributed by atoms with Crippen LogP contribution in [0.25, 0.3) is 82.8 Å². The fourth-order valence-electron chi connectivity index (χ4n) is 8.99. The van der Waals surface area contributed by atoms with Crippen LogP contribution in [0.15, 0.2) is 243 Å². The van der Waals surface area contributed by atoms with Crippen molar-refractivity contribution in [2.75, 3.05) is 4.90 Å². The van der Waals surface area contributed by atoms with Crippen LogP contribution in [0.5, 0.6) is 0 Å². The molecule has 11 rings (SSSR count). The van der Waals surface area contributed by atoms with Crippen LogP contribution in [0.3, 0.4) is 0 Å². The topological polar surface area (TPSA) is 8.17 Å². The van der Waals surface area contributed by atoms with E-state index in [-0.39, 0.29) is 0 Å². The summed E-state index contributed by atoms with van der Waals surface area (Å²) in [6.07, 6.45) is 0. The molecule has 0 spiro atoms. The van der Waals surface area contributed by atoms with Crippen LogP contribution in [0.1, 0.15) is 0 Å². The van der Waals surface area contributed by atoms with Gasteiger partial charge in [-0.25, -0.2) is 0 Å². The standard InChI is InChI=1S/C58H40N2/c1-3-16-44(17-4-1)55-40-48(38-39-51(55)52-23-9-12-27-56(52)60-57-28-13-10-24-53(57)54-25-11-14-29-58(54)60)59(46-20-5-2-6-21-46)47-36-34-42(35-37-47)41-30-32-45(33-31-41)50-26-15-19-43-18-7-8-22-49(43)50/h1-40H. The quantitative estimate of drug-likeness (QED) is 0.150. The van der Waals surface area contributed by atoms with Gasteiger partial charge in [-0.3, -0.25) is 0 Å². The van der Waals surface area contributed by atoms with Crippen LogP contribution >= 0.6 is 0 Å². The highest BCUT2D eigenvalue weighted by Crippen LogP contribution is 2.44. The summed E-state index contributed by atoms with van der Waals surface area (Å²) < 4.78 is 2.43. The Bertz CT molecular complexity index is 3230. The maximum absolute atomic E-state index is 2.43. The Hall–Kier alpha value is -7.94. The van der Waals surface area contributed by atoms with Crippen LogP contribution < -0.4 is 4.90 Å². The number of hydrogen-bond donors (Lipinski definition) is 0. The van der Waals surface area contributed by atoms with Crippen LogP contribution in [-0.4, -0.2) is 4.57 Å². The molecule has 0 bridgehead atoms. The summed E-state index contributed by atoms with van der Waals surface area (Å²) in [6.45, 7) is 0. The van der Waals surface area contributed by atoms with Crippen molar-refractivity contribution in [2.45, 2.75) is 0 Å². The van der Waals surface area contributed by atoms with Crippen LogP contribution in [-0.2, 0) is 0 Å². The highest BCUT2D eigenvalue weighted by atomic mass is 15.1. The van der Waals surface area contributed by atoms with Gasteiger partial charge >= 0.3 is 0 Å². The van der Waals surface area contributed by atoms with Gasteiger partial charge in [0, 0.05) is 33.4 Å². The lowest BCUT2D eigenvalue weighted by Crippen LogP contribution is -2.10. The molecule has 0 amide bonds. The zero-order valence-corrected chi connectivity index (χ0v) is 33.0. The Morgan fingerprint density at radius 3 is 1.47 bits per heavy atom. The van der Waals surface area contributed by atoms with Crippen molar-refractivity contribution in [3.05, 3.63) is 243 Å². The molecule has 60 heavy (non-hydrogen) atoms. The van der Waals surface area contributed by atoms with Crippen molar-refractivity contribution in [3.63, 3.8) is 0 Å². The molecular formula is C58H40N2. The van der Waals surface area contributed by atoms with Gasteiger partial charge in [-0.1, -0.05) is 188 Å². The van der Waals surface area contributed by atoms with Crippen molar-refractivity contribution in [3.8, 4) is 50.2 Å². The lowest BCUT2D eigenvalue weighted by atomic mass is 9.92. The molecule has 282 valence electrons. The maximum atomic E-state index is 2.43. The zero-order valence-electron chi connectivity index (χ0n) is 33.0. The zero-order chi connectivity index (χ0) is 39.8. The number of anilines is 3. The third-order valence-electron chi connectivity index (χ3n) is 11.8. The molecule has 0 atom stereocenters. The van der Waals surface area contributed by atoms with E-state index in [1.165, 1.54) is 77.1 Å². The van der Waals surface area contributed by atoms with Gasteiger partial charge in [0.05, 0.1) is 16.7 Å². The summed E-state index contributed by atoms with van der Waals surface area (Å²) in [5.41, 5.74) is 16.4. The average molecular weight is 765 g/mol. The molecule has 0 saturated carbocycles. The summed E-state index contributed by atoms with van der Waals surface area (Å²) in [5.74, 6) is 0. The summed E-state index contributed by atoms with van der Waals surface area (Å²) in [4.78, 5) is 2.36. The lowest BCUT2D eigenvalue weighted by Gasteiger charge is -2.27. The molecule has 10 aromatic carbocycles. The number of aromatic nitrogens is 1. The molecule has 0 radical (unpaired) electrons. The summed E-state index contributed by atoms with van der Waals surface area (Å²) in [7, 11) is 0. The molecule has 0 N–H and O–H groups in total. The van der Waals surface area contributed by atoms with Gasteiger partial charge in [0.15, 0.2) is 0 Å². The fraction of sp³-hybridized carbons (Fsp3) is 0.